The maximum Gasteiger partial charge on any atom is 0.0569 e. The fraction of sp³-hybridized carbons (Fsp3) is 0.214. The molecule has 1 unspecified atom stereocenters. The summed E-state index contributed by atoms with van der Waals surface area (Å²) < 4.78 is 0. The van der Waals surface area contributed by atoms with Crippen LogP contribution in [0.1, 0.15) is 24.2 Å². The highest BCUT2D eigenvalue weighted by molar-refractivity contribution is 7.99. The first-order valence-corrected chi connectivity index (χ1v) is 6.43. The second-order valence-electron chi connectivity index (χ2n) is 4.08. The van der Waals surface area contributed by atoms with Gasteiger partial charge in [-0.1, -0.05) is 30.0 Å². The lowest BCUT2D eigenvalue weighted by molar-refractivity contribution is 0.777. The third-order valence-electron chi connectivity index (χ3n) is 2.55. The molecule has 0 radical (unpaired) electrons. The van der Waals surface area contributed by atoms with Crippen molar-refractivity contribution in [2.75, 3.05) is 0 Å². The quantitative estimate of drug-likeness (QED) is 0.897. The molecule has 0 spiro atoms. The average Bonchev–Trinajstić information content (AvgIpc) is 2.33. The Bertz CT molecular complexity index is 492. The molecular formula is C14H16N2S. The summed E-state index contributed by atoms with van der Waals surface area (Å²) in [5.41, 5.74) is 7.99. The van der Waals surface area contributed by atoms with Gasteiger partial charge >= 0.3 is 0 Å². The third-order valence-corrected chi connectivity index (χ3v) is 3.70. The third kappa shape index (κ3) is 3.08. The number of nitrogens with zero attached hydrogens (tertiary/aromatic N) is 1. The zero-order valence-electron chi connectivity index (χ0n) is 10.1. The Kier molecular flexibility index (Phi) is 3.82. The smallest absolute Gasteiger partial charge is 0.0569 e. The van der Waals surface area contributed by atoms with E-state index in [2.05, 4.69) is 42.2 Å². The summed E-state index contributed by atoms with van der Waals surface area (Å²) in [6.07, 6.45) is 1.88. The van der Waals surface area contributed by atoms with E-state index in [9.17, 15) is 0 Å². The van der Waals surface area contributed by atoms with Crippen molar-refractivity contribution in [3.63, 3.8) is 0 Å². The minimum atomic E-state index is -0.00693. The molecular weight excluding hydrogens is 228 g/mol. The number of hydrogen-bond acceptors (Lipinski definition) is 3. The van der Waals surface area contributed by atoms with Crippen LogP contribution in [0.5, 0.6) is 0 Å². The Hall–Kier alpha value is -1.32. The maximum absolute atomic E-state index is 5.77. The maximum atomic E-state index is 5.77. The van der Waals surface area contributed by atoms with E-state index in [4.69, 9.17) is 5.73 Å². The Morgan fingerprint density at radius 3 is 2.53 bits per heavy atom. The molecule has 0 saturated carbocycles. The van der Waals surface area contributed by atoms with Gasteiger partial charge in [-0.2, -0.15) is 0 Å². The number of benzene rings is 1. The molecule has 88 valence electrons. The highest BCUT2D eigenvalue weighted by atomic mass is 32.2. The van der Waals surface area contributed by atoms with Crippen LogP contribution >= 0.6 is 11.8 Å². The molecule has 0 aliphatic rings. The van der Waals surface area contributed by atoms with E-state index in [0.29, 0.717) is 0 Å². The molecule has 2 aromatic rings. The van der Waals surface area contributed by atoms with Gasteiger partial charge in [0, 0.05) is 22.0 Å². The van der Waals surface area contributed by atoms with Crippen LogP contribution in [-0.2, 0) is 0 Å². The van der Waals surface area contributed by atoms with Crippen molar-refractivity contribution >= 4 is 11.8 Å². The van der Waals surface area contributed by atoms with Crippen molar-refractivity contribution in [1.29, 1.82) is 0 Å². The van der Waals surface area contributed by atoms with Crippen molar-refractivity contribution in [2.24, 2.45) is 5.73 Å². The molecule has 2 N–H and O–H groups in total. The molecule has 0 aliphatic carbocycles. The van der Waals surface area contributed by atoms with Crippen molar-refractivity contribution in [1.82, 2.24) is 4.98 Å². The predicted octanol–water partition coefficient (Wildman–Crippen LogP) is 3.56. The fourth-order valence-electron chi connectivity index (χ4n) is 1.52. The summed E-state index contributed by atoms with van der Waals surface area (Å²) >= 11 is 1.73. The van der Waals surface area contributed by atoms with Gasteiger partial charge in [0.05, 0.1) is 5.69 Å². The van der Waals surface area contributed by atoms with E-state index in [1.807, 2.05) is 19.2 Å². The molecule has 1 aromatic heterocycles. The minimum Gasteiger partial charge on any atom is -0.323 e. The van der Waals surface area contributed by atoms with E-state index >= 15 is 0 Å². The van der Waals surface area contributed by atoms with Crippen LogP contribution in [0.2, 0.25) is 0 Å². The van der Waals surface area contributed by atoms with Gasteiger partial charge < -0.3 is 5.73 Å². The molecule has 0 bridgehead atoms. The summed E-state index contributed by atoms with van der Waals surface area (Å²) in [6, 6.07) is 12.4. The van der Waals surface area contributed by atoms with Crippen LogP contribution in [0.15, 0.2) is 52.4 Å². The van der Waals surface area contributed by atoms with E-state index in [1.165, 1.54) is 10.5 Å². The lowest BCUT2D eigenvalue weighted by Crippen LogP contribution is -2.06. The molecule has 2 nitrogen and oxygen atoms in total. The monoisotopic (exact) mass is 244 g/mol. The first-order valence-electron chi connectivity index (χ1n) is 5.62. The van der Waals surface area contributed by atoms with Gasteiger partial charge in [0.2, 0.25) is 0 Å². The van der Waals surface area contributed by atoms with Crippen LogP contribution < -0.4 is 5.73 Å². The number of pyridine rings is 1. The van der Waals surface area contributed by atoms with E-state index < -0.39 is 0 Å². The van der Waals surface area contributed by atoms with Gasteiger partial charge in [0.15, 0.2) is 0 Å². The molecule has 0 amide bonds. The molecule has 0 fully saturated rings. The van der Waals surface area contributed by atoms with Crippen molar-refractivity contribution < 1.29 is 0 Å². The highest BCUT2D eigenvalue weighted by Crippen LogP contribution is 2.29. The Balaban J connectivity index is 2.17. The largest absolute Gasteiger partial charge is 0.323 e. The van der Waals surface area contributed by atoms with E-state index in [0.717, 1.165) is 10.6 Å². The SMILES string of the molecule is Cc1ccccc1Sc1ccc(C(C)N)nc1. The van der Waals surface area contributed by atoms with Crippen LogP contribution in [0.25, 0.3) is 0 Å². The van der Waals surface area contributed by atoms with Crippen LogP contribution in [0, 0.1) is 6.92 Å². The number of nitrogens with two attached hydrogens (primary N) is 1. The van der Waals surface area contributed by atoms with Crippen molar-refractivity contribution in [2.45, 2.75) is 29.7 Å². The topological polar surface area (TPSA) is 38.9 Å². The molecule has 1 aromatic carbocycles. The van der Waals surface area contributed by atoms with Gasteiger partial charge in [-0.25, -0.2) is 0 Å². The van der Waals surface area contributed by atoms with Crippen LogP contribution in [0.4, 0.5) is 0 Å². The molecule has 0 saturated heterocycles. The minimum absolute atomic E-state index is 0.00693. The van der Waals surface area contributed by atoms with Crippen molar-refractivity contribution in [3.8, 4) is 0 Å². The number of rotatable bonds is 3. The molecule has 0 aliphatic heterocycles. The summed E-state index contributed by atoms with van der Waals surface area (Å²) in [7, 11) is 0. The molecule has 17 heavy (non-hydrogen) atoms. The Morgan fingerprint density at radius 1 is 1.18 bits per heavy atom. The van der Waals surface area contributed by atoms with Gasteiger partial charge in [0.25, 0.3) is 0 Å². The lowest BCUT2D eigenvalue weighted by atomic mass is 10.2. The Morgan fingerprint density at radius 2 is 1.94 bits per heavy atom. The standard InChI is InChI=1S/C14H16N2S/c1-10-5-3-4-6-14(10)17-12-7-8-13(11(2)15)16-9-12/h3-9,11H,15H2,1-2H3. The normalized spacial score (nSPS) is 12.4. The van der Waals surface area contributed by atoms with Gasteiger partial charge in [-0.15, -0.1) is 0 Å². The van der Waals surface area contributed by atoms with Crippen LogP contribution in [-0.4, -0.2) is 4.98 Å². The summed E-state index contributed by atoms with van der Waals surface area (Å²) in [4.78, 5) is 6.77. The average molecular weight is 244 g/mol. The fourth-order valence-corrected chi connectivity index (χ4v) is 2.39. The molecule has 1 atom stereocenters. The predicted molar refractivity (Wildman–Crippen MR) is 72.1 cm³/mol. The number of aryl methyl sites for hydroxylation is 1. The summed E-state index contributed by atoms with van der Waals surface area (Å²) in [5.74, 6) is 0. The first kappa shape index (κ1) is 12.1. The zero-order valence-corrected chi connectivity index (χ0v) is 10.9. The van der Waals surface area contributed by atoms with E-state index in [-0.39, 0.29) is 6.04 Å². The van der Waals surface area contributed by atoms with Crippen LogP contribution in [0.3, 0.4) is 0 Å². The summed E-state index contributed by atoms with van der Waals surface area (Å²) in [5, 5.41) is 0. The van der Waals surface area contributed by atoms with Crippen molar-refractivity contribution in [3.05, 3.63) is 53.9 Å². The molecule has 1 heterocycles. The van der Waals surface area contributed by atoms with E-state index in [1.54, 1.807) is 11.8 Å². The number of hydrogen-bond donors (Lipinski definition) is 1. The Labute approximate surface area is 106 Å². The van der Waals surface area contributed by atoms with Gasteiger partial charge in [0.1, 0.15) is 0 Å². The number of aromatic nitrogens is 1. The first-order chi connectivity index (χ1) is 8.16. The summed E-state index contributed by atoms with van der Waals surface area (Å²) in [6.45, 7) is 4.06. The van der Waals surface area contributed by atoms with Gasteiger partial charge in [-0.05, 0) is 37.6 Å². The second kappa shape index (κ2) is 5.34. The highest BCUT2D eigenvalue weighted by Gasteiger charge is 2.03. The molecule has 2 rings (SSSR count). The van der Waals surface area contributed by atoms with Gasteiger partial charge in [-0.3, -0.25) is 4.98 Å². The lowest BCUT2D eigenvalue weighted by Gasteiger charge is -2.07. The zero-order chi connectivity index (χ0) is 12.3. The molecule has 3 heteroatoms. The second-order valence-corrected chi connectivity index (χ2v) is 5.19.